The van der Waals surface area contributed by atoms with Crippen molar-refractivity contribution in [1.82, 2.24) is 4.90 Å². The fraction of sp³-hybridized carbons (Fsp3) is 0.600. The van der Waals surface area contributed by atoms with Crippen molar-refractivity contribution in [3.63, 3.8) is 0 Å². The standard InChI is InChI=1S/C15H22N2O2/c16-10-13(11-17-5-1-2-6-17)12-3-4-14-15(9-12)19-8-7-18-14/h3-4,9,13H,1-2,5-8,10-11,16H2. The summed E-state index contributed by atoms with van der Waals surface area (Å²) in [6, 6.07) is 6.24. The first-order chi connectivity index (χ1) is 9.36. The minimum atomic E-state index is 0.383. The van der Waals surface area contributed by atoms with Crippen molar-refractivity contribution in [2.75, 3.05) is 39.4 Å². The monoisotopic (exact) mass is 262 g/mol. The molecular formula is C15H22N2O2. The van der Waals surface area contributed by atoms with Gasteiger partial charge < -0.3 is 20.1 Å². The van der Waals surface area contributed by atoms with Gasteiger partial charge in [0.1, 0.15) is 13.2 Å². The maximum Gasteiger partial charge on any atom is 0.161 e. The lowest BCUT2D eigenvalue weighted by atomic mass is 9.98. The predicted octanol–water partition coefficient (Wildman–Crippen LogP) is 1.60. The summed E-state index contributed by atoms with van der Waals surface area (Å²) >= 11 is 0. The normalized spacial score (nSPS) is 20.5. The summed E-state index contributed by atoms with van der Waals surface area (Å²) in [5.41, 5.74) is 7.22. The van der Waals surface area contributed by atoms with Gasteiger partial charge in [0, 0.05) is 19.0 Å². The summed E-state index contributed by atoms with van der Waals surface area (Å²) < 4.78 is 11.2. The van der Waals surface area contributed by atoms with Crippen molar-refractivity contribution in [2.24, 2.45) is 5.73 Å². The van der Waals surface area contributed by atoms with Gasteiger partial charge in [-0.1, -0.05) is 6.07 Å². The largest absolute Gasteiger partial charge is 0.486 e. The molecule has 4 heteroatoms. The number of fused-ring (bicyclic) bond motifs is 1. The van der Waals surface area contributed by atoms with E-state index < -0.39 is 0 Å². The number of nitrogens with two attached hydrogens (primary N) is 1. The van der Waals surface area contributed by atoms with Gasteiger partial charge in [0.25, 0.3) is 0 Å². The third-order valence-electron chi connectivity index (χ3n) is 4.00. The Bertz CT molecular complexity index is 430. The maximum absolute atomic E-state index is 5.96. The minimum absolute atomic E-state index is 0.383. The van der Waals surface area contributed by atoms with E-state index in [0.29, 0.717) is 25.7 Å². The van der Waals surface area contributed by atoms with Crippen LogP contribution in [0.1, 0.15) is 24.3 Å². The van der Waals surface area contributed by atoms with Gasteiger partial charge >= 0.3 is 0 Å². The van der Waals surface area contributed by atoms with Crippen molar-refractivity contribution in [3.05, 3.63) is 23.8 Å². The first-order valence-electron chi connectivity index (χ1n) is 7.19. The SMILES string of the molecule is NCC(CN1CCCC1)c1ccc2c(c1)OCCO2. The number of hydrogen-bond donors (Lipinski definition) is 1. The van der Waals surface area contributed by atoms with E-state index in [9.17, 15) is 0 Å². The molecular weight excluding hydrogens is 240 g/mol. The first kappa shape index (κ1) is 12.8. The molecule has 2 heterocycles. The molecule has 1 unspecified atom stereocenters. The van der Waals surface area contributed by atoms with E-state index in [0.717, 1.165) is 18.0 Å². The van der Waals surface area contributed by atoms with Crippen LogP contribution in [0.5, 0.6) is 11.5 Å². The highest BCUT2D eigenvalue weighted by atomic mass is 16.6. The number of likely N-dealkylation sites (tertiary alicyclic amines) is 1. The summed E-state index contributed by atoms with van der Waals surface area (Å²) in [6.45, 7) is 5.42. The van der Waals surface area contributed by atoms with Crippen molar-refractivity contribution >= 4 is 0 Å². The molecule has 4 nitrogen and oxygen atoms in total. The Kier molecular flexibility index (Phi) is 3.89. The number of ether oxygens (including phenoxy) is 2. The zero-order valence-electron chi connectivity index (χ0n) is 11.3. The van der Waals surface area contributed by atoms with Crippen LogP contribution in [-0.2, 0) is 0 Å². The quantitative estimate of drug-likeness (QED) is 0.895. The minimum Gasteiger partial charge on any atom is -0.486 e. The van der Waals surface area contributed by atoms with Crippen molar-refractivity contribution in [2.45, 2.75) is 18.8 Å². The molecule has 19 heavy (non-hydrogen) atoms. The third kappa shape index (κ3) is 2.85. The molecule has 1 aromatic rings. The van der Waals surface area contributed by atoms with Gasteiger partial charge in [0.15, 0.2) is 11.5 Å². The lowest BCUT2D eigenvalue weighted by Gasteiger charge is -2.24. The van der Waals surface area contributed by atoms with Gasteiger partial charge in [0.2, 0.25) is 0 Å². The van der Waals surface area contributed by atoms with Crippen molar-refractivity contribution < 1.29 is 9.47 Å². The zero-order valence-corrected chi connectivity index (χ0v) is 11.3. The molecule has 0 amide bonds. The van der Waals surface area contributed by atoms with Crippen LogP contribution in [0.3, 0.4) is 0 Å². The molecule has 104 valence electrons. The van der Waals surface area contributed by atoms with E-state index in [2.05, 4.69) is 17.0 Å². The van der Waals surface area contributed by atoms with Gasteiger partial charge in [-0.15, -0.1) is 0 Å². The lowest BCUT2D eigenvalue weighted by molar-refractivity contribution is 0.171. The van der Waals surface area contributed by atoms with Crippen LogP contribution in [0.2, 0.25) is 0 Å². The number of hydrogen-bond acceptors (Lipinski definition) is 4. The van der Waals surface area contributed by atoms with Gasteiger partial charge in [-0.25, -0.2) is 0 Å². The van der Waals surface area contributed by atoms with Crippen molar-refractivity contribution in [3.8, 4) is 11.5 Å². The van der Waals surface area contributed by atoms with E-state index in [1.54, 1.807) is 0 Å². The molecule has 0 radical (unpaired) electrons. The van der Waals surface area contributed by atoms with Crippen LogP contribution in [0.15, 0.2) is 18.2 Å². The summed E-state index contributed by atoms with van der Waals surface area (Å²) in [5.74, 6) is 2.10. The second-order valence-electron chi connectivity index (χ2n) is 5.34. The zero-order chi connectivity index (χ0) is 13.1. The van der Waals surface area contributed by atoms with Crippen LogP contribution in [-0.4, -0.2) is 44.3 Å². The Morgan fingerprint density at radius 2 is 1.84 bits per heavy atom. The van der Waals surface area contributed by atoms with Crippen LogP contribution in [0.25, 0.3) is 0 Å². The van der Waals surface area contributed by atoms with Crippen molar-refractivity contribution in [1.29, 1.82) is 0 Å². The van der Waals surface area contributed by atoms with E-state index in [-0.39, 0.29) is 0 Å². The highest BCUT2D eigenvalue weighted by Crippen LogP contribution is 2.33. The highest BCUT2D eigenvalue weighted by Gasteiger charge is 2.20. The fourth-order valence-corrected chi connectivity index (χ4v) is 2.91. The van der Waals surface area contributed by atoms with Crippen LogP contribution in [0, 0.1) is 0 Å². The first-order valence-corrected chi connectivity index (χ1v) is 7.19. The smallest absolute Gasteiger partial charge is 0.161 e. The second-order valence-corrected chi connectivity index (χ2v) is 5.34. The van der Waals surface area contributed by atoms with Gasteiger partial charge in [-0.3, -0.25) is 0 Å². The van der Waals surface area contributed by atoms with E-state index in [1.807, 2.05) is 6.07 Å². The fourth-order valence-electron chi connectivity index (χ4n) is 2.91. The summed E-state index contributed by atoms with van der Waals surface area (Å²) in [5, 5.41) is 0. The van der Waals surface area contributed by atoms with Gasteiger partial charge in [-0.05, 0) is 43.6 Å². The molecule has 1 fully saturated rings. The van der Waals surface area contributed by atoms with Crippen LogP contribution >= 0.6 is 0 Å². The van der Waals surface area contributed by atoms with Gasteiger partial charge in [0.05, 0.1) is 0 Å². The Balaban J connectivity index is 1.74. The maximum atomic E-state index is 5.96. The lowest BCUT2D eigenvalue weighted by Crippen LogP contribution is -2.29. The van der Waals surface area contributed by atoms with Gasteiger partial charge in [-0.2, -0.15) is 0 Å². The molecule has 2 aliphatic rings. The topological polar surface area (TPSA) is 47.7 Å². The molecule has 2 N–H and O–H groups in total. The Labute approximate surface area is 114 Å². The molecule has 1 saturated heterocycles. The molecule has 1 atom stereocenters. The molecule has 1 aromatic carbocycles. The molecule has 0 aromatic heterocycles. The summed E-state index contributed by atoms with van der Waals surface area (Å²) in [4.78, 5) is 2.51. The average Bonchev–Trinajstić information content (AvgIpc) is 2.97. The summed E-state index contributed by atoms with van der Waals surface area (Å²) in [6.07, 6.45) is 2.64. The molecule has 2 aliphatic heterocycles. The Morgan fingerprint density at radius 3 is 2.58 bits per heavy atom. The number of rotatable bonds is 4. The van der Waals surface area contributed by atoms with E-state index >= 15 is 0 Å². The Morgan fingerprint density at radius 1 is 1.11 bits per heavy atom. The molecule has 0 bridgehead atoms. The van der Waals surface area contributed by atoms with Crippen LogP contribution in [0.4, 0.5) is 0 Å². The summed E-state index contributed by atoms with van der Waals surface area (Å²) in [7, 11) is 0. The number of benzene rings is 1. The Hall–Kier alpha value is -1.26. The highest BCUT2D eigenvalue weighted by molar-refractivity contribution is 5.45. The third-order valence-corrected chi connectivity index (χ3v) is 4.00. The second kappa shape index (κ2) is 5.80. The van der Waals surface area contributed by atoms with E-state index in [4.69, 9.17) is 15.2 Å². The average molecular weight is 262 g/mol. The van der Waals surface area contributed by atoms with Crippen LogP contribution < -0.4 is 15.2 Å². The molecule has 0 saturated carbocycles. The predicted molar refractivity (Wildman–Crippen MR) is 74.9 cm³/mol. The van der Waals surface area contributed by atoms with E-state index in [1.165, 1.54) is 31.5 Å². The molecule has 0 spiro atoms. The molecule has 0 aliphatic carbocycles. The molecule has 3 rings (SSSR count). The number of nitrogens with zero attached hydrogens (tertiary/aromatic N) is 1.